The molecule has 0 radical (unpaired) electrons. The molecule has 41 heavy (non-hydrogen) atoms. The van der Waals surface area contributed by atoms with Crippen LogP contribution in [0.4, 0.5) is 14.5 Å². The fraction of sp³-hybridized carbons (Fsp3) is 0.233. The van der Waals surface area contributed by atoms with Gasteiger partial charge in [-0.3, -0.25) is 24.3 Å². The van der Waals surface area contributed by atoms with Gasteiger partial charge in [0.25, 0.3) is 5.91 Å². The summed E-state index contributed by atoms with van der Waals surface area (Å²) in [6.07, 6.45) is 3.16. The first-order valence-electron chi connectivity index (χ1n) is 13.1. The summed E-state index contributed by atoms with van der Waals surface area (Å²) in [7, 11) is 0. The Labute approximate surface area is 233 Å². The minimum absolute atomic E-state index is 0.0630. The Kier molecular flexibility index (Phi) is 6.36. The van der Waals surface area contributed by atoms with Gasteiger partial charge in [0.05, 0.1) is 23.5 Å². The van der Waals surface area contributed by atoms with Gasteiger partial charge in [-0.15, -0.1) is 0 Å². The smallest absolute Gasteiger partial charge is 0.274 e. The van der Waals surface area contributed by atoms with Crippen molar-refractivity contribution < 1.29 is 28.3 Å². The molecule has 6 rings (SSSR count). The SMILES string of the molecule is Cc1ccc(-n2nc(C(=O)N3CCC4(CC3)C(=O)CC(=O)N4c3ccc(F)cc3O)cc2-c2ccncc2)cc1F. The van der Waals surface area contributed by atoms with E-state index in [2.05, 4.69) is 10.1 Å². The molecule has 0 aliphatic carbocycles. The maximum Gasteiger partial charge on any atom is 0.274 e. The van der Waals surface area contributed by atoms with Gasteiger partial charge in [-0.1, -0.05) is 6.07 Å². The molecule has 11 heteroatoms. The molecule has 1 N–H and O–H groups in total. The molecule has 2 aliphatic rings. The van der Waals surface area contributed by atoms with Crippen molar-refractivity contribution in [3.05, 3.63) is 89.9 Å². The fourth-order valence-corrected chi connectivity index (χ4v) is 5.66. The number of carbonyl (C=O) groups is 3. The van der Waals surface area contributed by atoms with Crippen LogP contribution >= 0.6 is 0 Å². The third-order valence-electron chi connectivity index (χ3n) is 7.87. The quantitative estimate of drug-likeness (QED) is 0.377. The molecule has 2 aliphatic heterocycles. The average Bonchev–Trinajstić information content (AvgIpc) is 3.50. The highest BCUT2D eigenvalue weighted by Crippen LogP contribution is 2.43. The summed E-state index contributed by atoms with van der Waals surface area (Å²) in [5.74, 6) is -2.67. The number of anilines is 1. The number of aryl methyl sites for hydroxylation is 1. The predicted molar refractivity (Wildman–Crippen MR) is 145 cm³/mol. The van der Waals surface area contributed by atoms with Crippen LogP contribution in [0.25, 0.3) is 16.9 Å². The minimum atomic E-state index is -1.25. The normalized spacial score (nSPS) is 16.6. The number of hydrogen-bond donors (Lipinski definition) is 1. The Morgan fingerprint density at radius 2 is 1.71 bits per heavy atom. The summed E-state index contributed by atoms with van der Waals surface area (Å²) in [6.45, 7) is 1.95. The molecule has 2 aromatic heterocycles. The Morgan fingerprint density at radius 1 is 0.976 bits per heavy atom. The zero-order valence-corrected chi connectivity index (χ0v) is 22.1. The van der Waals surface area contributed by atoms with E-state index in [4.69, 9.17) is 0 Å². The van der Waals surface area contributed by atoms with Crippen molar-refractivity contribution >= 4 is 23.3 Å². The number of phenols is 1. The molecule has 0 saturated carbocycles. The van der Waals surface area contributed by atoms with Crippen molar-refractivity contribution in [3.8, 4) is 22.7 Å². The van der Waals surface area contributed by atoms with Crippen molar-refractivity contribution in [2.45, 2.75) is 31.7 Å². The van der Waals surface area contributed by atoms with Crippen LogP contribution in [0.2, 0.25) is 0 Å². The Balaban J connectivity index is 1.30. The van der Waals surface area contributed by atoms with Crippen LogP contribution in [0.3, 0.4) is 0 Å². The highest BCUT2D eigenvalue weighted by molar-refractivity contribution is 6.20. The molecule has 9 nitrogen and oxygen atoms in total. The summed E-state index contributed by atoms with van der Waals surface area (Å²) >= 11 is 0. The molecular weight excluding hydrogens is 532 g/mol. The van der Waals surface area contributed by atoms with Gasteiger partial charge in [0.1, 0.15) is 22.9 Å². The van der Waals surface area contributed by atoms with E-state index in [1.54, 1.807) is 54.5 Å². The highest BCUT2D eigenvalue weighted by atomic mass is 19.1. The number of hydrogen-bond acceptors (Lipinski definition) is 6. The van der Waals surface area contributed by atoms with Crippen molar-refractivity contribution in [2.75, 3.05) is 18.0 Å². The molecule has 2 aromatic carbocycles. The number of benzene rings is 2. The number of aromatic nitrogens is 3. The molecule has 1 spiro atoms. The van der Waals surface area contributed by atoms with E-state index < -0.39 is 28.8 Å². The van der Waals surface area contributed by atoms with Crippen LogP contribution in [0, 0.1) is 18.6 Å². The number of Topliss-reactive ketones (excluding diaryl/α,β-unsaturated/α-hetero) is 1. The van der Waals surface area contributed by atoms with Gasteiger partial charge in [0.15, 0.2) is 11.5 Å². The van der Waals surface area contributed by atoms with E-state index in [9.17, 15) is 28.3 Å². The lowest BCUT2D eigenvalue weighted by atomic mass is 9.83. The first kappa shape index (κ1) is 26.3. The number of pyridine rings is 1. The molecular formula is C30H25F2N5O4. The van der Waals surface area contributed by atoms with Gasteiger partial charge in [0, 0.05) is 37.1 Å². The summed E-state index contributed by atoms with van der Waals surface area (Å²) in [6, 6.07) is 13.2. The number of nitrogens with zero attached hydrogens (tertiary/aromatic N) is 5. The Hall–Kier alpha value is -4.93. The summed E-state index contributed by atoms with van der Waals surface area (Å²) in [5.41, 5.74) is 1.18. The zero-order valence-electron chi connectivity index (χ0n) is 22.1. The molecule has 4 heterocycles. The number of piperidine rings is 1. The monoisotopic (exact) mass is 557 g/mol. The third-order valence-corrected chi connectivity index (χ3v) is 7.87. The lowest BCUT2D eigenvalue weighted by molar-refractivity contribution is -0.124. The van der Waals surface area contributed by atoms with Crippen LogP contribution < -0.4 is 4.90 Å². The average molecular weight is 558 g/mol. The number of rotatable bonds is 4. The van der Waals surface area contributed by atoms with E-state index in [-0.39, 0.29) is 55.4 Å². The van der Waals surface area contributed by atoms with Gasteiger partial charge >= 0.3 is 0 Å². The topological polar surface area (TPSA) is 109 Å². The second-order valence-electron chi connectivity index (χ2n) is 10.3. The number of ketones is 1. The summed E-state index contributed by atoms with van der Waals surface area (Å²) in [4.78, 5) is 46.5. The van der Waals surface area contributed by atoms with Gasteiger partial charge in [-0.25, -0.2) is 13.5 Å². The van der Waals surface area contributed by atoms with E-state index in [0.29, 0.717) is 16.9 Å². The van der Waals surface area contributed by atoms with Gasteiger partial charge in [0.2, 0.25) is 5.91 Å². The number of aromatic hydroxyl groups is 1. The number of amides is 2. The van der Waals surface area contributed by atoms with Crippen LogP contribution in [0.1, 0.15) is 35.3 Å². The molecule has 2 saturated heterocycles. The van der Waals surface area contributed by atoms with Crippen molar-refractivity contribution in [1.29, 1.82) is 0 Å². The van der Waals surface area contributed by atoms with Crippen LogP contribution in [-0.2, 0) is 9.59 Å². The largest absolute Gasteiger partial charge is 0.506 e. The highest BCUT2D eigenvalue weighted by Gasteiger charge is 2.55. The van der Waals surface area contributed by atoms with Crippen LogP contribution in [0.15, 0.2) is 67.0 Å². The van der Waals surface area contributed by atoms with Gasteiger partial charge < -0.3 is 10.0 Å². The van der Waals surface area contributed by atoms with Gasteiger partial charge in [-0.2, -0.15) is 5.10 Å². The summed E-state index contributed by atoms with van der Waals surface area (Å²) < 4.78 is 29.6. The first-order valence-corrected chi connectivity index (χ1v) is 13.1. The second kappa shape index (κ2) is 9.92. The third kappa shape index (κ3) is 4.43. The first-order chi connectivity index (χ1) is 19.7. The van der Waals surface area contributed by atoms with E-state index in [1.165, 1.54) is 21.7 Å². The maximum absolute atomic E-state index is 14.4. The van der Waals surface area contributed by atoms with E-state index >= 15 is 0 Å². The van der Waals surface area contributed by atoms with Crippen molar-refractivity contribution in [2.24, 2.45) is 0 Å². The molecule has 0 unspecified atom stereocenters. The van der Waals surface area contributed by atoms with E-state index in [0.717, 1.165) is 17.7 Å². The minimum Gasteiger partial charge on any atom is -0.506 e. The number of halogens is 2. The van der Waals surface area contributed by atoms with Crippen molar-refractivity contribution in [3.63, 3.8) is 0 Å². The summed E-state index contributed by atoms with van der Waals surface area (Å²) in [5, 5.41) is 14.9. The fourth-order valence-electron chi connectivity index (χ4n) is 5.66. The zero-order chi connectivity index (χ0) is 28.9. The van der Waals surface area contributed by atoms with Crippen LogP contribution in [-0.4, -0.2) is 61.0 Å². The molecule has 0 atom stereocenters. The lowest BCUT2D eigenvalue weighted by Gasteiger charge is -2.43. The van der Waals surface area contributed by atoms with E-state index in [1.807, 2.05) is 0 Å². The molecule has 0 bridgehead atoms. The Morgan fingerprint density at radius 3 is 2.39 bits per heavy atom. The lowest BCUT2D eigenvalue weighted by Crippen LogP contribution is -2.57. The number of phenolic OH excluding ortho intramolecular Hbond substituents is 1. The van der Waals surface area contributed by atoms with Crippen molar-refractivity contribution in [1.82, 2.24) is 19.7 Å². The maximum atomic E-state index is 14.4. The standard InChI is InChI=1S/C30H25F2N5O4/c1-18-2-4-21(15-22(18)32)37-25(19-6-10-33-11-7-19)16-23(34-37)29(41)35-12-8-30(9-13-35)27(39)17-28(40)36(30)24-5-3-20(31)14-26(24)38/h2-7,10-11,14-16,38H,8-9,12-13,17H2,1H3. The molecule has 208 valence electrons. The van der Waals surface area contributed by atoms with Crippen LogP contribution in [0.5, 0.6) is 5.75 Å². The molecule has 2 fully saturated rings. The second-order valence-corrected chi connectivity index (χ2v) is 10.3. The van der Waals surface area contributed by atoms with Gasteiger partial charge in [-0.05, 0) is 67.8 Å². The Bertz CT molecular complexity index is 1700. The molecule has 2 amide bonds. The number of carbonyl (C=O) groups excluding carboxylic acids is 3. The molecule has 4 aromatic rings. The predicted octanol–water partition coefficient (Wildman–Crippen LogP) is 4.21. The number of likely N-dealkylation sites (tertiary alicyclic amines) is 1.